The van der Waals surface area contributed by atoms with Crippen LogP contribution in [0.5, 0.6) is 0 Å². The predicted molar refractivity (Wildman–Crippen MR) is 390 cm³/mol. The van der Waals surface area contributed by atoms with Crippen LogP contribution in [0.3, 0.4) is 0 Å². The molecule has 17 nitrogen and oxygen atoms in total. The Kier molecular flexibility index (Phi) is 66.1. The number of ether oxygens (including phenoxy) is 4. The maximum absolute atomic E-state index is 13.0. The Morgan fingerprint density at radius 2 is 0.583 bits per heavy atom. The van der Waals surface area contributed by atoms with Gasteiger partial charge in [-0.3, -0.25) is 37.3 Å². The molecule has 5 unspecified atom stereocenters. The summed E-state index contributed by atoms with van der Waals surface area (Å²) in [6, 6.07) is 0. The number of aliphatic hydroxyl groups excluding tert-OH is 1. The van der Waals surface area contributed by atoms with Gasteiger partial charge in [-0.15, -0.1) is 0 Å². The maximum Gasteiger partial charge on any atom is 0.472 e. The summed E-state index contributed by atoms with van der Waals surface area (Å²) in [5.74, 6) is -2.36. The minimum atomic E-state index is -4.99. The van der Waals surface area contributed by atoms with Crippen LogP contribution in [-0.2, 0) is 65.4 Å². The van der Waals surface area contributed by atoms with Crippen molar-refractivity contribution in [1.29, 1.82) is 0 Å². The Hall–Kier alpha value is -4.28. The van der Waals surface area contributed by atoms with Gasteiger partial charge < -0.3 is 33.8 Å². The molecule has 0 rings (SSSR count). The summed E-state index contributed by atoms with van der Waals surface area (Å²) >= 11 is 0. The van der Waals surface area contributed by atoms with Gasteiger partial charge in [0.15, 0.2) is 12.2 Å². The number of phosphoric ester groups is 2. The molecular weight excluding hydrogens is 1260 g/mol. The van der Waals surface area contributed by atoms with Gasteiger partial charge in [0.1, 0.15) is 19.3 Å². The molecule has 0 aliphatic rings. The number of phosphoric acid groups is 2. The van der Waals surface area contributed by atoms with Crippen LogP contribution >= 0.6 is 15.6 Å². The summed E-state index contributed by atoms with van der Waals surface area (Å²) in [4.78, 5) is 72.6. The Morgan fingerprint density at radius 3 is 0.927 bits per heavy atom. The average molecular weight is 1390 g/mol. The number of unbranched alkanes of at least 4 members (excludes halogenated alkanes) is 26. The minimum Gasteiger partial charge on any atom is -0.462 e. The highest BCUT2D eigenvalue weighted by molar-refractivity contribution is 7.47. The van der Waals surface area contributed by atoms with E-state index in [0.29, 0.717) is 25.7 Å². The molecule has 552 valence electrons. The number of rotatable bonds is 69. The van der Waals surface area contributed by atoms with E-state index in [2.05, 4.69) is 113 Å². The van der Waals surface area contributed by atoms with E-state index in [0.717, 1.165) is 116 Å². The van der Waals surface area contributed by atoms with Crippen molar-refractivity contribution >= 4 is 39.5 Å². The van der Waals surface area contributed by atoms with Crippen molar-refractivity contribution in [2.24, 2.45) is 0 Å². The first-order valence-corrected chi connectivity index (χ1v) is 40.1. The van der Waals surface area contributed by atoms with Gasteiger partial charge in [0.25, 0.3) is 0 Å². The highest BCUT2D eigenvalue weighted by Gasteiger charge is 2.30. The van der Waals surface area contributed by atoms with Crippen LogP contribution in [0.15, 0.2) is 109 Å². The van der Waals surface area contributed by atoms with Gasteiger partial charge in [-0.1, -0.05) is 291 Å². The van der Waals surface area contributed by atoms with Crippen molar-refractivity contribution in [1.82, 2.24) is 0 Å². The van der Waals surface area contributed by atoms with Crippen LogP contribution in [0.4, 0.5) is 0 Å². The van der Waals surface area contributed by atoms with E-state index in [1.807, 2.05) is 18.2 Å². The lowest BCUT2D eigenvalue weighted by Gasteiger charge is -2.21. The number of esters is 4. The second-order valence-corrected chi connectivity index (χ2v) is 27.4. The predicted octanol–water partition coefficient (Wildman–Crippen LogP) is 21.0. The van der Waals surface area contributed by atoms with E-state index < -0.39 is 97.5 Å². The van der Waals surface area contributed by atoms with Crippen molar-refractivity contribution < 1.29 is 80.2 Å². The molecule has 0 bridgehead atoms. The molecule has 0 spiro atoms. The Labute approximate surface area is 581 Å². The molecule has 96 heavy (non-hydrogen) atoms. The summed E-state index contributed by atoms with van der Waals surface area (Å²) in [6.45, 7) is 4.49. The van der Waals surface area contributed by atoms with Crippen LogP contribution in [0.2, 0.25) is 0 Å². The Morgan fingerprint density at radius 1 is 0.312 bits per heavy atom. The molecule has 0 amide bonds. The lowest BCUT2D eigenvalue weighted by Crippen LogP contribution is -2.30. The molecule has 0 radical (unpaired) electrons. The third-order valence-electron chi connectivity index (χ3n) is 15.3. The number of hydrogen-bond donors (Lipinski definition) is 3. The third-order valence-corrected chi connectivity index (χ3v) is 17.2. The SMILES string of the molecule is CC/C=C\C/C=C\C/C=C\C/C=C\C/C=C\CC(=O)OCC(COP(=O)(O)OCC(O)COP(=O)(O)OCC(COC(=O)CCCC/C=C\C/C=C\C/C=C\C/C=C\CC)OC(=O)CCCCCCCCCCCCC)OC(=O)CCCCCCCCCCCCCCCCC. The fourth-order valence-corrected chi connectivity index (χ4v) is 11.3. The lowest BCUT2D eigenvalue weighted by molar-refractivity contribution is -0.161. The quantitative estimate of drug-likeness (QED) is 0.0169. The van der Waals surface area contributed by atoms with E-state index >= 15 is 0 Å². The number of allylic oxidation sites excluding steroid dienone is 17. The van der Waals surface area contributed by atoms with Crippen LogP contribution < -0.4 is 0 Å². The number of carbonyl (C=O) groups is 4. The van der Waals surface area contributed by atoms with Gasteiger partial charge in [0.2, 0.25) is 0 Å². The molecule has 5 atom stereocenters. The van der Waals surface area contributed by atoms with Gasteiger partial charge in [0, 0.05) is 19.3 Å². The van der Waals surface area contributed by atoms with Gasteiger partial charge in [-0.2, -0.15) is 0 Å². The average Bonchev–Trinajstić information content (AvgIpc) is 1.09. The normalized spacial score (nSPS) is 14.6. The fourth-order valence-electron chi connectivity index (χ4n) is 9.70. The zero-order valence-electron chi connectivity index (χ0n) is 60.0. The number of hydrogen-bond acceptors (Lipinski definition) is 15. The monoisotopic (exact) mass is 1390 g/mol. The topological polar surface area (TPSA) is 237 Å². The molecular formula is C77H132O17P2. The van der Waals surface area contributed by atoms with Crippen molar-refractivity contribution in [2.75, 3.05) is 39.6 Å². The van der Waals surface area contributed by atoms with E-state index in [-0.39, 0.29) is 25.7 Å². The van der Waals surface area contributed by atoms with Gasteiger partial charge >= 0.3 is 39.5 Å². The molecule has 0 aromatic rings. The summed E-state index contributed by atoms with van der Waals surface area (Å²) in [5.41, 5.74) is 0. The zero-order valence-corrected chi connectivity index (χ0v) is 61.8. The Balaban J connectivity index is 5.41. The first-order chi connectivity index (χ1) is 46.7. The minimum absolute atomic E-state index is 0.0700. The van der Waals surface area contributed by atoms with Gasteiger partial charge in [0.05, 0.1) is 32.8 Å². The second kappa shape index (κ2) is 69.2. The summed E-state index contributed by atoms with van der Waals surface area (Å²) in [7, 11) is -9.97. The summed E-state index contributed by atoms with van der Waals surface area (Å²) < 4.78 is 68.2. The molecule has 0 saturated heterocycles. The molecule has 0 aromatic carbocycles. The second-order valence-electron chi connectivity index (χ2n) is 24.5. The fraction of sp³-hybridized carbons (Fsp3) is 0.714. The smallest absolute Gasteiger partial charge is 0.462 e. The Bertz CT molecular complexity index is 2250. The standard InChI is InChI=1S/C77H132O17P2/c1-5-9-13-17-21-25-29-32-35-38-42-45-49-53-57-61-74(79)87-67-72(93-76(81)63-59-55-51-47-41-28-24-20-16-12-8-4)69-91-95(83,84)89-65-71(78)66-90-96(85,86)92-70-73(94-77(82)64-60-56-52-48-44-40-37-34-31-27-23-19-15-11-7-3)68-88-75(80)62-58-54-50-46-43-39-36-33-30-26-22-18-14-10-6-2/h9-10,13-14,21-22,25-26,32-33,35-36,42-43,45-46,54,58,71-73,78H,5-8,11-12,15-20,23-24,27-31,34,37-41,44,47-53,55-57,59-70H2,1-4H3,(H,83,84)(H,85,86)/b13-9-,14-10-,25-21-,26-22-,35-32-,36-33-,45-42-,46-43-,58-54-. The zero-order chi connectivity index (χ0) is 70.4. The van der Waals surface area contributed by atoms with Crippen molar-refractivity contribution in [3.63, 3.8) is 0 Å². The highest BCUT2D eigenvalue weighted by atomic mass is 31.2. The summed E-state index contributed by atoms with van der Waals surface area (Å²) in [5, 5.41) is 10.6. The molecule has 0 aliphatic heterocycles. The van der Waals surface area contributed by atoms with E-state index in [9.17, 15) is 43.2 Å². The van der Waals surface area contributed by atoms with Crippen LogP contribution in [0.1, 0.15) is 297 Å². The maximum atomic E-state index is 13.0. The largest absolute Gasteiger partial charge is 0.472 e. The van der Waals surface area contributed by atoms with Crippen molar-refractivity contribution in [3.8, 4) is 0 Å². The summed E-state index contributed by atoms with van der Waals surface area (Å²) in [6.07, 6.45) is 72.7. The molecule has 0 aliphatic carbocycles. The first-order valence-electron chi connectivity index (χ1n) is 37.1. The molecule has 19 heteroatoms. The molecule has 0 saturated carbocycles. The molecule has 0 fully saturated rings. The lowest BCUT2D eigenvalue weighted by atomic mass is 10.0. The van der Waals surface area contributed by atoms with Crippen molar-refractivity contribution in [2.45, 2.75) is 316 Å². The van der Waals surface area contributed by atoms with Crippen molar-refractivity contribution in [3.05, 3.63) is 109 Å². The third kappa shape index (κ3) is 68.3. The van der Waals surface area contributed by atoms with Crippen LogP contribution in [-0.4, -0.2) is 96.7 Å². The molecule has 3 N–H and O–H groups in total. The first kappa shape index (κ1) is 91.7. The van der Waals surface area contributed by atoms with E-state index in [1.54, 1.807) is 6.08 Å². The molecule has 0 heterocycles. The number of aliphatic hydroxyl groups is 1. The number of carbonyl (C=O) groups excluding carboxylic acids is 4. The van der Waals surface area contributed by atoms with Gasteiger partial charge in [-0.05, 0) is 89.9 Å². The van der Waals surface area contributed by atoms with Crippen LogP contribution in [0, 0.1) is 0 Å². The van der Waals surface area contributed by atoms with Crippen LogP contribution in [0.25, 0.3) is 0 Å². The molecule has 0 aromatic heterocycles. The van der Waals surface area contributed by atoms with E-state index in [4.69, 9.17) is 37.0 Å². The highest BCUT2D eigenvalue weighted by Crippen LogP contribution is 2.45. The van der Waals surface area contributed by atoms with E-state index in [1.165, 1.54) is 103 Å². The van der Waals surface area contributed by atoms with Gasteiger partial charge in [-0.25, -0.2) is 9.13 Å².